The largest absolute Gasteiger partial charge is 0.321 e. The van der Waals surface area contributed by atoms with Gasteiger partial charge in [0.25, 0.3) is 5.91 Å². The smallest absolute Gasteiger partial charge is 0.258 e. The molecule has 0 aliphatic heterocycles. The lowest BCUT2D eigenvalue weighted by atomic mass is 10.1. The summed E-state index contributed by atoms with van der Waals surface area (Å²) in [5.41, 5.74) is 0.0192. The summed E-state index contributed by atoms with van der Waals surface area (Å²) in [7, 11) is 0. The molecule has 0 aliphatic rings. The molecule has 1 amide bonds. The summed E-state index contributed by atoms with van der Waals surface area (Å²) in [5, 5.41) is 11.4. The number of rotatable bonds is 2. The molecule has 2 aromatic carbocycles. The van der Waals surface area contributed by atoms with Gasteiger partial charge in [0.1, 0.15) is 6.07 Å². The number of hydrogen-bond acceptors (Lipinski definition) is 2. The van der Waals surface area contributed by atoms with Crippen LogP contribution < -0.4 is 5.32 Å². The molecule has 0 bridgehead atoms. The van der Waals surface area contributed by atoms with E-state index in [0.717, 1.165) is 6.07 Å². The maximum atomic E-state index is 13.5. The van der Waals surface area contributed by atoms with Gasteiger partial charge in [0.2, 0.25) is 0 Å². The predicted octanol–water partition coefficient (Wildman–Crippen LogP) is 3.85. The summed E-state index contributed by atoms with van der Waals surface area (Å²) < 4.78 is 27.2. The highest BCUT2D eigenvalue weighted by atomic mass is 79.9. The first-order valence-corrected chi connectivity index (χ1v) is 6.27. The van der Waals surface area contributed by atoms with E-state index in [9.17, 15) is 13.6 Å². The lowest BCUT2D eigenvalue weighted by Gasteiger charge is -2.08. The molecule has 0 aliphatic carbocycles. The predicted molar refractivity (Wildman–Crippen MR) is 73.2 cm³/mol. The van der Waals surface area contributed by atoms with Crippen molar-refractivity contribution in [3.05, 3.63) is 63.6 Å². The zero-order valence-electron chi connectivity index (χ0n) is 9.95. The summed E-state index contributed by atoms with van der Waals surface area (Å²) in [6, 6.07) is 9.86. The monoisotopic (exact) mass is 336 g/mol. The molecule has 1 N–H and O–H groups in total. The second-order valence-electron chi connectivity index (χ2n) is 3.86. The molecule has 0 saturated heterocycles. The Morgan fingerprint density at radius 3 is 2.70 bits per heavy atom. The van der Waals surface area contributed by atoms with Gasteiger partial charge in [-0.2, -0.15) is 5.26 Å². The summed E-state index contributed by atoms with van der Waals surface area (Å²) in [6.07, 6.45) is 0. The molecule has 0 aromatic heterocycles. The van der Waals surface area contributed by atoms with E-state index in [1.54, 1.807) is 6.07 Å². The molecule has 100 valence electrons. The molecule has 6 heteroatoms. The van der Waals surface area contributed by atoms with Gasteiger partial charge in [-0.3, -0.25) is 4.79 Å². The minimum Gasteiger partial charge on any atom is -0.321 e. The molecule has 3 nitrogen and oxygen atoms in total. The number of halogens is 3. The summed E-state index contributed by atoms with van der Waals surface area (Å²) in [4.78, 5) is 11.9. The highest BCUT2D eigenvalue weighted by Gasteiger charge is 2.16. The van der Waals surface area contributed by atoms with Crippen molar-refractivity contribution in [1.29, 1.82) is 5.26 Å². The van der Waals surface area contributed by atoms with Crippen molar-refractivity contribution in [3.63, 3.8) is 0 Å². The Morgan fingerprint density at radius 2 is 2.00 bits per heavy atom. The summed E-state index contributed by atoms with van der Waals surface area (Å²) >= 11 is 3.20. The van der Waals surface area contributed by atoms with Crippen LogP contribution >= 0.6 is 15.9 Å². The number of nitrogens with zero attached hydrogens (tertiary/aromatic N) is 1. The zero-order valence-corrected chi connectivity index (χ0v) is 11.5. The highest BCUT2D eigenvalue weighted by molar-refractivity contribution is 9.10. The molecule has 0 spiro atoms. The van der Waals surface area contributed by atoms with Crippen LogP contribution in [0.1, 0.15) is 15.9 Å². The molecule has 0 radical (unpaired) electrons. The number of benzene rings is 2. The molecule has 0 heterocycles. The molecule has 2 aromatic rings. The molecular formula is C14H7BrF2N2O. The fourth-order valence-corrected chi connectivity index (χ4v) is 1.95. The Morgan fingerprint density at radius 1 is 1.25 bits per heavy atom. The Labute approximate surface area is 122 Å². The van der Waals surface area contributed by atoms with Crippen LogP contribution in [0.2, 0.25) is 0 Å². The van der Waals surface area contributed by atoms with E-state index in [2.05, 4.69) is 21.2 Å². The van der Waals surface area contributed by atoms with Gasteiger partial charge in [-0.1, -0.05) is 22.0 Å². The van der Waals surface area contributed by atoms with Gasteiger partial charge in [-0.05, 0) is 30.3 Å². The normalized spacial score (nSPS) is 9.90. The van der Waals surface area contributed by atoms with E-state index < -0.39 is 23.1 Å². The third kappa shape index (κ3) is 2.83. The number of anilines is 1. The lowest BCUT2D eigenvalue weighted by Crippen LogP contribution is -2.15. The van der Waals surface area contributed by atoms with E-state index in [4.69, 9.17) is 5.26 Å². The molecule has 0 saturated carbocycles. The first-order chi connectivity index (χ1) is 9.52. The number of amides is 1. The van der Waals surface area contributed by atoms with Gasteiger partial charge < -0.3 is 5.32 Å². The lowest BCUT2D eigenvalue weighted by molar-refractivity contribution is 0.102. The standard InChI is InChI=1S/C14H7BrF2N2O/c15-9-4-5-12(8(6-9)7-18)19-14(20)10-2-1-3-11(16)13(10)17/h1-6H,(H,19,20). The van der Waals surface area contributed by atoms with Crippen LogP contribution in [-0.2, 0) is 0 Å². The molecule has 0 unspecified atom stereocenters. The van der Waals surface area contributed by atoms with Gasteiger partial charge in [-0.25, -0.2) is 8.78 Å². The van der Waals surface area contributed by atoms with Gasteiger partial charge >= 0.3 is 0 Å². The van der Waals surface area contributed by atoms with Crippen molar-refractivity contribution in [2.24, 2.45) is 0 Å². The van der Waals surface area contributed by atoms with Crippen LogP contribution in [0.5, 0.6) is 0 Å². The Kier molecular flexibility index (Phi) is 4.11. The molecule has 20 heavy (non-hydrogen) atoms. The van der Waals surface area contributed by atoms with E-state index >= 15 is 0 Å². The van der Waals surface area contributed by atoms with Crippen molar-refractivity contribution in [2.75, 3.05) is 5.32 Å². The quantitative estimate of drug-likeness (QED) is 0.905. The molecule has 0 atom stereocenters. The minimum atomic E-state index is -1.22. The van der Waals surface area contributed by atoms with E-state index in [1.165, 1.54) is 24.3 Å². The van der Waals surface area contributed by atoms with Gasteiger partial charge in [0.05, 0.1) is 16.8 Å². The number of carbonyl (C=O) groups is 1. The first-order valence-electron chi connectivity index (χ1n) is 5.48. The van der Waals surface area contributed by atoms with Crippen molar-refractivity contribution in [3.8, 4) is 6.07 Å². The van der Waals surface area contributed by atoms with Crippen LogP contribution in [-0.4, -0.2) is 5.91 Å². The fraction of sp³-hybridized carbons (Fsp3) is 0. The topological polar surface area (TPSA) is 52.9 Å². The number of hydrogen-bond donors (Lipinski definition) is 1. The van der Waals surface area contributed by atoms with E-state index in [-0.39, 0.29) is 11.3 Å². The van der Waals surface area contributed by atoms with Gasteiger partial charge in [0, 0.05) is 4.47 Å². The third-order valence-electron chi connectivity index (χ3n) is 2.55. The van der Waals surface area contributed by atoms with E-state index in [0.29, 0.717) is 4.47 Å². The first kappa shape index (κ1) is 14.2. The van der Waals surface area contributed by atoms with Gasteiger partial charge in [-0.15, -0.1) is 0 Å². The number of nitrogens with one attached hydrogen (secondary N) is 1. The molecule has 2 rings (SSSR count). The SMILES string of the molecule is N#Cc1cc(Br)ccc1NC(=O)c1cccc(F)c1F. The highest BCUT2D eigenvalue weighted by Crippen LogP contribution is 2.21. The summed E-state index contributed by atoms with van der Waals surface area (Å²) in [5.74, 6) is -3.14. The van der Waals surface area contributed by atoms with E-state index in [1.807, 2.05) is 6.07 Å². The zero-order chi connectivity index (χ0) is 14.7. The van der Waals surface area contributed by atoms with Crippen molar-refractivity contribution >= 4 is 27.5 Å². The van der Waals surface area contributed by atoms with Crippen molar-refractivity contribution in [1.82, 2.24) is 0 Å². The Bertz CT molecular complexity index is 726. The molecule has 0 fully saturated rings. The van der Waals surface area contributed by atoms with Crippen molar-refractivity contribution in [2.45, 2.75) is 0 Å². The van der Waals surface area contributed by atoms with Crippen LogP contribution in [0.25, 0.3) is 0 Å². The second kappa shape index (κ2) is 5.80. The van der Waals surface area contributed by atoms with Crippen LogP contribution in [0.15, 0.2) is 40.9 Å². The maximum absolute atomic E-state index is 13.5. The second-order valence-corrected chi connectivity index (χ2v) is 4.77. The van der Waals surface area contributed by atoms with Crippen LogP contribution in [0, 0.1) is 23.0 Å². The Balaban J connectivity index is 2.33. The number of nitriles is 1. The van der Waals surface area contributed by atoms with Crippen LogP contribution in [0.3, 0.4) is 0 Å². The maximum Gasteiger partial charge on any atom is 0.258 e. The van der Waals surface area contributed by atoms with Gasteiger partial charge in [0.15, 0.2) is 11.6 Å². The Hall–Kier alpha value is -2.26. The van der Waals surface area contributed by atoms with Crippen molar-refractivity contribution < 1.29 is 13.6 Å². The number of carbonyl (C=O) groups excluding carboxylic acids is 1. The van der Waals surface area contributed by atoms with Crippen LogP contribution in [0.4, 0.5) is 14.5 Å². The average molecular weight is 337 g/mol. The fourth-order valence-electron chi connectivity index (χ4n) is 1.59. The summed E-state index contributed by atoms with van der Waals surface area (Å²) in [6.45, 7) is 0. The minimum absolute atomic E-state index is 0.213. The average Bonchev–Trinajstić information content (AvgIpc) is 2.43. The third-order valence-corrected chi connectivity index (χ3v) is 3.04. The molecular weight excluding hydrogens is 330 g/mol.